The van der Waals surface area contributed by atoms with Gasteiger partial charge in [-0.05, 0) is 31.0 Å². The quantitative estimate of drug-likeness (QED) is 0.525. The Labute approximate surface area is 174 Å². The summed E-state index contributed by atoms with van der Waals surface area (Å²) in [4.78, 5) is 16.5. The molecule has 7 nitrogen and oxygen atoms in total. The number of ether oxygens (including phenoxy) is 2. The molecular weight excluding hydrogens is 388 g/mol. The van der Waals surface area contributed by atoms with Crippen LogP contribution in [0.3, 0.4) is 0 Å². The minimum atomic E-state index is -0.0582. The number of carbonyl (C=O) groups excluding carboxylic acids is 1. The lowest BCUT2D eigenvalue weighted by molar-refractivity contribution is -0.118. The van der Waals surface area contributed by atoms with Gasteiger partial charge in [0.25, 0.3) is 0 Å². The van der Waals surface area contributed by atoms with E-state index < -0.39 is 0 Å². The molecule has 0 unspecified atom stereocenters. The normalized spacial score (nSPS) is 10.6. The summed E-state index contributed by atoms with van der Waals surface area (Å²) in [6, 6.07) is 13.8. The van der Waals surface area contributed by atoms with E-state index in [1.807, 2.05) is 49.4 Å². The van der Waals surface area contributed by atoms with Gasteiger partial charge in [0.05, 0.1) is 20.0 Å². The van der Waals surface area contributed by atoms with Crippen molar-refractivity contribution in [1.82, 2.24) is 20.5 Å². The number of hydrogen-bond acceptors (Lipinski definition) is 6. The first-order valence-electron chi connectivity index (χ1n) is 9.19. The fourth-order valence-electron chi connectivity index (χ4n) is 2.72. The molecule has 0 aliphatic heterocycles. The van der Waals surface area contributed by atoms with Crippen molar-refractivity contribution in [2.75, 3.05) is 26.5 Å². The van der Waals surface area contributed by atoms with Crippen LogP contribution in [0, 0.1) is 6.92 Å². The summed E-state index contributed by atoms with van der Waals surface area (Å²) in [5.74, 6) is 2.27. The second kappa shape index (κ2) is 9.97. The maximum absolute atomic E-state index is 12.1. The minimum Gasteiger partial charge on any atom is -0.493 e. The van der Waals surface area contributed by atoms with E-state index in [1.54, 1.807) is 14.2 Å². The van der Waals surface area contributed by atoms with Crippen LogP contribution in [0.1, 0.15) is 11.1 Å². The maximum atomic E-state index is 12.1. The highest BCUT2D eigenvalue weighted by atomic mass is 32.2. The van der Waals surface area contributed by atoms with Gasteiger partial charge < -0.3 is 14.8 Å². The number of methoxy groups -OCH3 is 2. The number of rotatable bonds is 9. The van der Waals surface area contributed by atoms with Gasteiger partial charge in [-0.1, -0.05) is 47.7 Å². The number of nitrogens with one attached hydrogen (secondary N) is 2. The van der Waals surface area contributed by atoms with Crippen molar-refractivity contribution >= 4 is 17.7 Å². The molecule has 1 heterocycles. The predicted molar refractivity (Wildman–Crippen MR) is 114 cm³/mol. The molecule has 2 N–H and O–H groups in total. The number of H-pyrrole nitrogens is 1. The third-order valence-corrected chi connectivity index (χ3v) is 5.15. The first-order chi connectivity index (χ1) is 14.1. The molecule has 0 saturated heterocycles. The number of aromatic amines is 1. The zero-order chi connectivity index (χ0) is 20.6. The van der Waals surface area contributed by atoms with E-state index in [1.165, 1.54) is 17.3 Å². The molecule has 1 aromatic heterocycles. The van der Waals surface area contributed by atoms with E-state index in [9.17, 15) is 4.79 Å². The number of aromatic nitrogens is 3. The number of benzene rings is 2. The van der Waals surface area contributed by atoms with Crippen LogP contribution in [0.4, 0.5) is 0 Å². The van der Waals surface area contributed by atoms with Gasteiger partial charge >= 0.3 is 0 Å². The van der Waals surface area contributed by atoms with E-state index in [0.29, 0.717) is 35.4 Å². The van der Waals surface area contributed by atoms with Gasteiger partial charge in [0, 0.05) is 12.1 Å². The first kappa shape index (κ1) is 20.7. The van der Waals surface area contributed by atoms with E-state index in [2.05, 4.69) is 20.5 Å². The summed E-state index contributed by atoms with van der Waals surface area (Å²) in [7, 11) is 3.21. The second-order valence-corrected chi connectivity index (χ2v) is 7.35. The lowest BCUT2D eigenvalue weighted by Crippen LogP contribution is -2.27. The monoisotopic (exact) mass is 412 g/mol. The summed E-state index contributed by atoms with van der Waals surface area (Å²) in [6.45, 7) is 2.58. The summed E-state index contributed by atoms with van der Waals surface area (Å²) >= 11 is 1.30. The molecule has 0 saturated carbocycles. The van der Waals surface area contributed by atoms with Gasteiger partial charge in [0.2, 0.25) is 11.1 Å². The molecule has 0 radical (unpaired) electrons. The molecule has 0 aliphatic carbocycles. The van der Waals surface area contributed by atoms with Gasteiger partial charge in [-0.15, -0.1) is 5.10 Å². The van der Waals surface area contributed by atoms with Crippen molar-refractivity contribution in [2.45, 2.75) is 18.5 Å². The Morgan fingerprint density at radius 1 is 1.10 bits per heavy atom. The molecule has 152 valence electrons. The van der Waals surface area contributed by atoms with Gasteiger partial charge in [0.1, 0.15) is 0 Å². The first-order valence-corrected chi connectivity index (χ1v) is 10.2. The average Bonchev–Trinajstić information content (AvgIpc) is 3.21. The molecular formula is C21H24N4O3S. The molecule has 0 fully saturated rings. The summed E-state index contributed by atoms with van der Waals surface area (Å²) in [6.07, 6.45) is 0.703. The van der Waals surface area contributed by atoms with Crippen molar-refractivity contribution in [3.05, 3.63) is 53.6 Å². The molecule has 3 rings (SSSR count). The van der Waals surface area contributed by atoms with Crippen LogP contribution in [-0.2, 0) is 11.2 Å². The van der Waals surface area contributed by atoms with Gasteiger partial charge in [0.15, 0.2) is 17.3 Å². The molecule has 0 atom stereocenters. The minimum absolute atomic E-state index is 0.0582. The topological polar surface area (TPSA) is 89.1 Å². The standard InChI is InChI=1S/C21H24N4O3S/c1-14-4-7-16(8-5-14)20-23-21(25-24-20)29-13-19(26)22-11-10-15-6-9-17(27-2)18(12-15)28-3/h4-9,12H,10-11,13H2,1-3H3,(H,22,26)(H,23,24,25). The number of hydrogen-bond donors (Lipinski definition) is 2. The van der Waals surface area contributed by atoms with E-state index in [0.717, 1.165) is 11.1 Å². The molecule has 29 heavy (non-hydrogen) atoms. The van der Waals surface area contributed by atoms with Crippen molar-refractivity contribution in [2.24, 2.45) is 0 Å². The molecule has 2 aromatic carbocycles. The Kier molecular flexibility index (Phi) is 7.13. The Morgan fingerprint density at radius 2 is 1.86 bits per heavy atom. The SMILES string of the molecule is COc1ccc(CCNC(=O)CSc2n[nH]c(-c3ccc(C)cc3)n2)cc1OC. The number of carbonyl (C=O) groups is 1. The summed E-state index contributed by atoms with van der Waals surface area (Å²) in [5, 5.41) is 10.6. The largest absolute Gasteiger partial charge is 0.493 e. The summed E-state index contributed by atoms with van der Waals surface area (Å²) in [5.41, 5.74) is 3.22. The fourth-order valence-corrected chi connectivity index (χ4v) is 3.34. The van der Waals surface area contributed by atoms with Crippen LogP contribution in [0.2, 0.25) is 0 Å². The highest BCUT2D eigenvalue weighted by Crippen LogP contribution is 2.27. The lowest BCUT2D eigenvalue weighted by atomic mass is 10.1. The van der Waals surface area contributed by atoms with Crippen molar-refractivity contribution in [3.63, 3.8) is 0 Å². The molecule has 0 aliphatic rings. The van der Waals surface area contributed by atoms with Crippen molar-refractivity contribution in [3.8, 4) is 22.9 Å². The predicted octanol–water partition coefficient (Wildman–Crippen LogP) is 3.25. The van der Waals surface area contributed by atoms with Crippen LogP contribution in [-0.4, -0.2) is 47.6 Å². The highest BCUT2D eigenvalue weighted by Gasteiger charge is 2.09. The molecule has 3 aromatic rings. The van der Waals surface area contributed by atoms with Crippen molar-refractivity contribution < 1.29 is 14.3 Å². The van der Waals surface area contributed by atoms with Crippen molar-refractivity contribution in [1.29, 1.82) is 0 Å². The third kappa shape index (κ3) is 5.74. The third-order valence-electron chi connectivity index (χ3n) is 4.31. The summed E-state index contributed by atoms with van der Waals surface area (Å²) < 4.78 is 10.5. The van der Waals surface area contributed by atoms with Crippen LogP contribution >= 0.6 is 11.8 Å². The maximum Gasteiger partial charge on any atom is 0.230 e. The Morgan fingerprint density at radius 3 is 2.59 bits per heavy atom. The molecule has 0 spiro atoms. The van der Waals surface area contributed by atoms with E-state index in [-0.39, 0.29) is 11.7 Å². The molecule has 0 bridgehead atoms. The zero-order valence-corrected chi connectivity index (χ0v) is 17.5. The number of aryl methyl sites for hydroxylation is 1. The lowest BCUT2D eigenvalue weighted by Gasteiger charge is -2.10. The second-order valence-electron chi connectivity index (χ2n) is 6.41. The van der Waals surface area contributed by atoms with Crippen LogP contribution < -0.4 is 14.8 Å². The Balaban J connectivity index is 1.44. The van der Waals surface area contributed by atoms with E-state index in [4.69, 9.17) is 9.47 Å². The number of thioether (sulfide) groups is 1. The number of amides is 1. The fraction of sp³-hybridized carbons (Fsp3) is 0.286. The van der Waals surface area contributed by atoms with Gasteiger partial charge in [-0.2, -0.15) is 0 Å². The van der Waals surface area contributed by atoms with Crippen LogP contribution in [0.25, 0.3) is 11.4 Å². The van der Waals surface area contributed by atoms with Crippen LogP contribution in [0.15, 0.2) is 47.6 Å². The smallest absolute Gasteiger partial charge is 0.230 e. The highest BCUT2D eigenvalue weighted by molar-refractivity contribution is 7.99. The van der Waals surface area contributed by atoms with Crippen LogP contribution in [0.5, 0.6) is 11.5 Å². The van der Waals surface area contributed by atoms with Gasteiger partial charge in [-0.25, -0.2) is 4.98 Å². The molecule has 8 heteroatoms. The molecule has 1 amide bonds. The Bertz CT molecular complexity index is 957. The zero-order valence-electron chi connectivity index (χ0n) is 16.7. The Hall–Kier alpha value is -3.00. The van der Waals surface area contributed by atoms with Gasteiger partial charge in [-0.3, -0.25) is 9.89 Å². The number of nitrogens with zero attached hydrogens (tertiary/aromatic N) is 2. The average molecular weight is 413 g/mol. The van der Waals surface area contributed by atoms with E-state index >= 15 is 0 Å².